The number of ether oxygens (including phenoxy) is 2. The molecule has 2 aromatic rings. The minimum Gasteiger partial charge on any atom is -0.493 e. The second kappa shape index (κ2) is 5.65. The maximum atomic E-state index is 9.35. The first kappa shape index (κ1) is 13.2. The Balaban J connectivity index is 1.65. The van der Waals surface area contributed by atoms with Gasteiger partial charge in [0.05, 0.1) is 25.2 Å². The van der Waals surface area contributed by atoms with Gasteiger partial charge in [0, 0.05) is 0 Å². The van der Waals surface area contributed by atoms with Crippen LogP contribution in [0.15, 0.2) is 54.6 Å². The zero-order valence-electron chi connectivity index (χ0n) is 11.3. The topological polar surface area (TPSA) is 38.7 Å². The molecule has 0 bridgehead atoms. The van der Waals surface area contributed by atoms with Crippen molar-refractivity contribution < 1.29 is 14.6 Å². The van der Waals surface area contributed by atoms with Gasteiger partial charge in [-0.25, -0.2) is 0 Å². The van der Waals surface area contributed by atoms with Crippen LogP contribution in [0.25, 0.3) is 11.1 Å². The summed E-state index contributed by atoms with van der Waals surface area (Å²) in [5, 5.41) is 9.35. The van der Waals surface area contributed by atoms with Gasteiger partial charge in [-0.3, -0.25) is 0 Å². The second-order valence-corrected chi connectivity index (χ2v) is 5.33. The summed E-state index contributed by atoms with van der Waals surface area (Å²) in [6, 6.07) is 18.3. The minimum atomic E-state index is -0.210. The summed E-state index contributed by atoms with van der Waals surface area (Å²) < 4.78 is 10.9. The molecule has 20 heavy (non-hydrogen) atoms. The molecule has 1 N–H and O–H groups in total. The van der Waals surface area contributed by atoms with E-state index in [0.29, 0.717) is 19.8 Å². The molecule has 1 fully saturated rings. The van der Waals surface area contributed by atoms with Crippen LogP contribution in [0.5, 0.6) is 5.75 Å². The van der Waals surface area contributed by atoms with Crippen LogP contribution in [0.4, 0.5) is 0 Å². The molecule has 0 aliphatic carbocycles. The normalized spacial score (nSPS) is 16.4. The number of benzene rings is 2. The van der Waals surface area contributed by atoms with Crippen LogP contribution in [0.2, 0.25) is 0 Å². The van der Waals surface area contributed by atoms with Crippen LogP contribution in [-0.2, 0) is 4.74 Å². The fourth-order valence-corrected chi connectivity index (χ4v) is 2.22. The number of aliphatic hydroxyl groups is 1. The Morgan fingerprint density at radius 2 is 1.60 bits per heavy atom. The van der Waals surface area contributed by atoms with Crippen molar-refractivity contribution >= 4 is 0 Å². The lowest BCUT2D eigenvalue weighted by molar-refractivity contribution is -0.153. The maximum Gasteiger partial charge on any atom is 0.119 e. The van der Waals surface area contributed by atoms with Gasteiger partial charge in [0.2, 0.25) is 0 Å². The predicted octanol–water partition coefficient (Wildman–Crippen LogP) is 2.74. The fourth-order valence-electron chi connectivity index (χ4n) is 2.22. The van der Waals surface area contributed by atoms with E-state index >= 15 is 0 Å². The fraction of sp³-hybridized carbons (Fsp3) is 0.294. The van der Waals surface area contributed by atoms with Crippen LogP contribution in [0, 0.1) is 5.41 Å². The average molecular weight is 270 g/mol. The lowest BCUT2D eigenvalue weighted by Gasteiger charge is -2.39. The highest BCUT2D eigenvalue weighted by Crippen LogP contribution is 2.28. The molecule has 1 saturated heterocycles. The van der Waals surface area contributed by atoms with Gasteiger partial charge >= 0.3 is 0 Å². The standard InChI is InChI=1S/C17H18O3/c18-10-17(11-19-12-17)13-20-16-8-6-15(7-9-16)14-4-2-1-3-5-14/h1-9,18H,10-13H2. The van der Waals surface area contributed by atoms with Crippen LogP contribution in [0.3, 0.4) is 0 Å². The molecule has 0 radical (unpaired) electrons. The van der Waals surface area contributed by atoms with Crippen molar-refractivity contribution in [3.63, 3.8) is 0 Å². The molecule has 3 nitrogen and oxygen atoms in total. The first-order chi connectivity index (χ1) is 9.81. The summed E-state index contributed by atoms with van der Waals surface area (Å²) in [5.74, 6) is 0.824. The molecule has 0 spiro atoms. The molecule has 1 aliphatic rings. The highest BCUT2D eigenvalue weighted by atomic mass is 16.5. The van der Waals surface area contributed by atoms with E-state index in [0.717, 1.165) is 5.75 Å². The quantitative estimate of drug-likeness (QED) is 0.908. The van der Waals surface area contributed by atoms with Crippen molar-refractivity contribution in [3.05, 3.63) is 54.6 Å². The molecule has 1 aliphatic heterocycles. The van der Waals surface area contributed by atoms with E-state index in [1.54, 1.807) is 0 Å². The van der Waals surface area contributed by atoms with E-state index in [9.17, 15) is 5.11 Å². The summed E-state index contributed by atoms with van der Waals surface area (Å²) in [4.78, 5) is 0. The molecule has 0 atom stereocenters. The minimum absolute atomic E-state index is 0.106. The van der Waals surface area contributed by atoms with Crippen LogP contribution >= 0.6 is 0 Å². The monoisotopic (exact) mass is 270 g/mol. The highest BCUT2D eigenvalue weighted by molar-refractivity contribution is 5.63. The van der Waals surface area contributed by atoms with Gasteiger partial charge in [-0.05, 0) is 23.3 Å². The number of hydrogen-bond donors (Lipinski definition) is 1. The summed E-state index contributed by atoms with van der Waals surface area (Å²) >= 11 is 0. The third-order valence-corrected chi connectivity index (χ3v) is 3.66. The van der Waals surface area contributed by atoms with E-state index in [2.05, 4.69) is 12.1 Å². The van der Waals surface area contributed by atoms with Gasteiger partial charge in [0.25, 0.3) is 0 Å². The van der Waals surface area contributed by atoms with Crippen molar-refractivity contribution in [1.29, 1.82) is 0 Å². The third kappa shape index (κ3) is 2.69. The van der Waals surface area contributed by atoms with Crippen LogP contribution in [0.1, 0.15) is 0 Å². The van der Waals surface area contributed by atoms with Gasteiger partial charge in [-0.15, -0.1) is 0 Å². The van der Waals surface area contributed by atoms with Gasteiger partial charge in [0.1, 0.15) is 12.4 Å². The van der Waals surface area contributed by atoms with Crippen LogP contribution < -0.4 is 4.74 Å². The number of hydrogen-bond acceptors (Lipinski definition) is 3. The second-order valence-electron chi connectivity index (χ2n) is 5.33. The molecule has 3 heteroatoms. The molecule has 0 aromatic heterocycles. The van der Waals surface area contributed by atoms with E-state index in [4.69, 9.17) is 9.47 Å². The lowest BCUT2D eigenvalue weighted by atomic mass is 9.88. The maximum absolute atomic E-state index is 9.35. The highest BCUT2D eigenvalue weighted by Gasteiger charge is 2.39. The Morgan fingerprint density at radius 3 is 2.15 bits per heavy atom. The Labute approximate surface area is 118 Å². The summed E-state index contributed by atoms with van der Waals surface area (Å²) in [7, 11) is 0. The summed E-state index contributed by atoms with van der Waals surface area (Å²) in [6.45, 7) is 1.75. The van der Waals surface area contributed by atoms with E-state index < -0.39 is 0 Å². The van der Waals surface area contributed by atoms with E-state index in [-0.39, 0.29) is 12.0 Å². The number of rotatable bonds is 5. The van der Waals surface area contributed by atoms with Crippen molar-refractivity contribution in [2.75, 3.05) is 26.4 Å². The largest absolute Gasteiger partial charge is 0.493 e. The number of aliphatic hydroxyl groups excluding tert-OH is 1. The molecule has 0 saturated carbocycles. The molecule has 0 amide bonds. The molecule has 2 aromatic carbocycles. The van der Waals surface area contributed by atoms with E-state index in [1.165, 1.54) is 11.1 Å². The Morgan fingerprint density at radius 1 is 0.950 bits per heavy atom. The van der Waals surface area contributed by atoms with Crippen LogP contribution in [-0.4, -0.2) is 31.5 Å². The smallest absolute Gasteiger partial charge is 0.119 e. The van der Waals surface area contributed by atoms with Gasteiger partial charge in [-0.2, -0.15) is 0 Å². The zero-order chi connectivity index (χ0) is 13.8. The summed E-state index contributed by atoms with van der Waals surface area (Å²) in [6.07, 6.45) is 0. The Hall–Kier alpha value is -1.84. The predicted molar refractivity (Wildman–Crippen MR) is 77.7 cm³/mol. The molecule has 1 heterocycles. The van der Waals surface area contributed by atoms with Crippen molar-refractivity contribution in [1.82, 2.24) is 0 Å². The average Bonchev–Trinajstić information content (AvgIpc) is 2.48. The van der Waals surface area contributed by atoms with Crippen molar-refractivity contribution in [2.24, 2.45) is 5.41 Å². The zero-order valence-corrected chi connectivity index (χ0v) is 11.3. The van der Waals surface area contributed by atoms with Crippen molar-refractivity contribution in [2.45, 2.75) is 0 Å². The van der Waals surface area contributed by atoms with Gasteiger partial charge in [0.15, 0.2) is 0 Å². The molecule has 104 valence electrons. The molecule has 0 unspecified atom stereocenters. The van der Waals surface area contributed by atoms with Gasteiger partial charge in [-0.1, -0.05) is 42.5 Å². The SMILES string of the molecule is OCC1(COc2ccc(-c3ccccc3)cc2)COC1. The first-order valence-electron chi connectivity index (χ1n) is 6.78. The molecule has 3 rings (SSSR count). The van der Waals surface area contributed by atoms with E-state index in [1.807, 2.05) is 42.5 Å². The molecular formula is C17H18O3. The molecular weight excluding hydrogens is 252 g/mol. The lowest BCUT2D eigenvalue weighted by Crippen LogP contribution is -2.49. The van der Waals surface area contributed by atoms with Crippen molar-refractivity contribution in [3.8, 4) is 16.9 Å². The first-order valence-corrected chi connectivity index (χ1v) is 6.78. The Bertz CT molecular complexity index is 539. The third-order valence-electron chi connectivity index (χ3n) is 3.66. The Kier molecular flexibility index (Phi) is 3.72. The summed E-state index contributed by atoms with van der Waals surface area (Å²) in [5.41, 5.74) is 2.15. The van der Waals surface area contributed by atoms with Gasteiger partial charge < -0.3 is 14.6 Å².